The van der Waals surface area contributed by atoms with E-state index in [4.69, 9.17) is 9.47 Å². The number of carbonyl (C=O) groups excluding carboxylic acids is 1. The number of nitrogens with one attached hydrogen (secondary N) is 2. The van der Waals surface area contributed by atoms with Crippen molar-refractivity contribution in [2.45, 2.75) is 31.3 Å². The molecule has 0 spiro atoms. The van der Waals surface area contributed by atoms with Crippen LogP contribution in [0.1, 0.15) is 35.7 Å². The molecular weight excluding hydrogens is 440 g/mol. The summed E-state index contributed by atoms with van der Waals surface area (Å²) in [5.74, 6) is -0.0366. The number of esters is 1. The first-order valence-corrected chi connectivity index (χ1v) is 12.2. The molecule has 2 N–H and O–H groups in total. The molecule has 0 bridgehead atoms. The minimum Gasteiger partial charge on any atom is -0.457 e. The monoisotopic (exact) mass is 468 g/mol. The molecule has 0 aromatic heterocycles. The number of hydrogen-bond donors (Lipinski definition) is 2. The Hall–Kier alpha value is -3.36. The lowest BCUT2D eigenvalue weighted by Crippen LogP contribution is -2.21. The Labute approximate surface area is 194 Å². The zero-order chi connectivity index (χ0) is 23.7. The molecule has 0 amide bonds. The van der Waals surface area contributed by atoms with Crippen molar-refractivity contribution in [2.24, 2.45) is 0 Å². The fourth-order valence-corrected chi connectivity index (χ4v) is 3.98. The van der Waals surface area contributed by atoms with E-state index in [9.17, 15) is 13.2 Å². The molecule has 0 fully saturated rings. The van der Waals surface area contributed by atoms with Crippen LogP contribution >= 0.6 is 0 Å². The number of ether oxygens (including phenoxy) is 2. The SMILES string of the molecule is CCCCNc1cc(C(=O)OCc2ccccc2)cc(S(=O)(=O)NC)c1Oc1ccccc1. The van der Waals surface area contributed by atoms with Crippen molar-refractivity contribution >= 4 is 21.7 Å². The average molecular weight is 469 g/mol. The Balaban J connectivity index is 2.02. The maximum Gasteiger partial charge on any atom is 0.338 e. The van der Waals surface area contributed by atoms with Crippen molar-refractivity contribution < 1.29 is 22.7 Å². The lowest BCUT2D eigenvalue weighted by Gasteiger charge is -2.18. The lowest BCUT2D eigenvalue weighted by molar-refractivity contribution is 0.0472. The molecule has 8 heteroatoms. The van der Waals surface area contributed by atoms with E-state index in [1.165, 1.54) is 13.1 Å². The molecule has 174 valence electrons. The van der Waals surface area contributed by atoms with Gasteiger partial charge >= 0.3 is 5.97 Å². The van der Waals surface area contributed by atoms with E-state index in [1.807, 2.05) is 36.4 Å². The molecule has 3 aromatic rings. The van der Waals surface area contributed by atoms with E-state index in [0.29, 0.717) is 18.0 Å². The normalized spacial score (nSPS) is 11.1. The molecule has 0 heterocycles. The topological polar surface area (TPSA) is 93.7 Å². The Bertz CT molecular complexity index is 1170. The number of sulfonamides is 1. The third kappa shape index (κ3) is 6.57. The van der Waals surface area contributed by atoms with Gasteiger partial charge in [-0.25, -0.2) is 17.9 Å². The van der Waals surface area contributed by atoms with Gasteiger partial charge in [0.05, 0.1) is 11.3 Å². The molecule has 33 heavy (non-hydrogen) atoms. The van der Waals surface area contributed by atoms with Crippen molar-refractivity contribution in [1.29, 1.82) is 0 Å². The summed E-state index contributed by atoms with van der Waals surface area (Å²) in [5.41, 5.74) is 1.34. The number of benzene rings is 3. The van der Waals surface area contributed by atoms with Crippen LogP contribution in [0.25, 0.3) is 0 Å². The molecule has 0 unspecified atom stereocenters. The second kappa shape index (κ2) is 11.5. The highest BCUT2D eigenvalue weighted by Crippen LogP contribution is 2.37. The number of carbonyl (C=O) groups is 1. The Morgan fingerprint density at radius 2 is 1.64 bits per heavy atom. The van der Waals surface area contributed by atoms with Crippen LogP contribution in [0.15, 0.2) is 77.7 Å². The molecule has 7 nitrogen and oxygen atoms in total. The number of hydrogen-bond acceptors (Lipinski definition) is 6. The van der Waals surface area contributed by atoms with Crippen LogP contribution in [0.2, 0.25) is 0 Å². The minimum absolute atomic E-state index is 0.0780. The minimum atomic E-state index is -3.95. The number of rotatable bonds is 11. The number of anilines is 1. The number of para-hydroxylation sites is 1. The quantitative estimate of drug-likeness (QED) is 0.305. The summed E-state index contributed by atoms with van der Waals surface area (Å²) in [4.78, 5) is 12.7. The first-order chi connectivity index (χ1) is 15.9. The summed E-state index contributed by atoms with van der Waals surface area (Å²) in [6.07, 6.45) is 1.81. The van der Waals surface area contributed by atoms with Crippen molar-refractivity contribution in [1.82, 2.24) is 4.72 Å². The van der Waals surface area contributed by atoms with Crippen LogP contribution in [0.3, 0.4) is 0 Å². The molecule has 0 aliphatic heterocycles. The fraction of sp³-hybridized carbons (Fsp3) is 0.240. The van der Waals surface area contributed by atoms with E-state index in [1.54, 1.807) is 30.3 Å². The van der Waals surface area contributed by atoms with E-state index in [-0.39, 0.29) is 22.8 Å². The maximum absolute atomic E-state index is 12.9. The predicted molar refractivity (Wildman–Crippen MR) is 128 cm³/mol. The largest absolute Gasteiger partial charge is 0.457 e. The Kier molecular flexibility index (Phi) is 8.46. The average Bonchev–Trinajstić information content (AvgIpc) is 2.84. The first kappa shape index (κ1) is 24.3. The van der Waals surface area contributed by atoms with Gasteiger partial charge in [-0.2, -0.15) is 0 Å². The smallest absolute Gasteiger partial charge is 0.338 e. The second-order valence-electron chi connectivity index (χ2n) is 7.32. The molecule has 0 saturated carbocycles. The van der Waals surface area contributed by atoms with Crippen molar-refractivity contribution in [2.75, 3.05) is 18.9 Å². The first-order valence-electron chi connectivity index (χ1n) is 10.7. The molecule has 3 aromatic carbocycles. The van der Waals surface area contributed by atoms with Crippen LogP contribution < -0.4 is 14.8 Å². The van der Waals surface area contributed by atoms with Crippen LogP contribution in [0.5, 0.6) is 11.5 Å². The van der Waals surface area contributed by atoms with Gasteiger partial charge in [-0.1, -0.05) is 61.9 Å². The summed E-state index contributed by atoms with van der Waals surface area (Å²) < 4.78 is 39.5. The molecule has 0 radical (unpaired) electrons. The summed E-state index contributed by atoms with van der Waals surface area (Å²) in [6.45, 7) is 2.72. The van der Waals surface area contributed by atoms with E-state index < -0.39 is 16.0 Å². The summed E-state index contributed by atoms with van der Waals surface area (Å²) in [7, 11) is -2.64. The van der Waals surface area contributed by atoms with Gasteiger partial charge in [0.1, 0.15) is 17.3 Å². The van der Waals surface area contributed by atoms with Gasteiger partial charge < -0.3 is 14.8 Å². The third-order valence-electron chi connectivity index (χ3n) is 4.87. The fourth-order valence-electron chi connectivity index (χ4n) is 3.08. The standard InChI is InChI=1S/C25H28N2O5S/c1-3-4-15-27-22-16-20(25(28)31-18-19-11-7-5-8-12-19)17-23(33(29,30)26-2)24(22)32-21-13-9-6-10-14-21/h5-14,16-17,26-27H,3-4,15,18H2,1-2H3. The highest BCUT2D eigenvalue weighted by Gasteiger charge is 2.25. The molecule has 3 rings (SSSR count). The van der Waals surface area contributed by atoms with Crippen LogP contribution in [-0.4, -0.2) is 28.0 Å². The van der Waals surface area contributed by atoms with Gasteiger partial charge in [-0.3, -0.25) is 0 Å². The molecule has 0 atom stereocenters. The van der Waals surface area contributed by atoms with Gasteiger partial charge in [-0.05, 0) is 43.3 Å². The molecular formula is C25H28N2O5S. The van der Waals surface area contributed by atoms with Crippen LogP contribution in [-0.2, 0) is 21.4 Å². The molecule has 0 aliphatic rings. The molecule has 0 saturated heterocycles. The van der Waals surface area contributed by atoms with Gasteiger partial charge in [-0.15, -0.1) is 0 Å². The van der Waals surface area contributed by atoms with Gasteiger partial charge in [0.25, 0.3) is 0 Å². The predicted octanol–water partition coefficient (Wildman–Crippen LogP) is 4.96. The second-order valence-corrected chi connectivity index (χ2v) is 9.17. The Morgan fingerprint density at radius 1 is 0.970 bits per heavy atom. The van der Waals surface area contributed by atoms with Crippen LogP contribution in [0.4, 0.5) is 5.69 Å². The lowest BCUT2D eigenvalue weighted by atomic mass is 10.1. The van der Waals surface area contributed by atoms with E-state index in [2.05, 4.69) is 17.0 Å². The highest BCUT2D eigenvalue weighted by atomic mass is 32.2. The molecule has 0 aliphatic carbocycles. The van der Waals surface area contributed by atoms with Gasteiger partial charge in [0.15, 0.2) is 5.75 Å². The van der Waals surface area contributed by atoms with Crippen molar-refractivity contribution in [3.8, 4) is 11.5 Å². The highest BCUT2D eigenvalue weighted by molar-refractivity contribution is 7.89. The maximum atomic E-state index is 12.9. The van der Waals surface area contributed by atoms with Crippen molar-refractivity contribution in [3.05, 3.63) is 83.9 Å². The zero-order valence-corrected chi connectivity index (χ0v) is 19.5. The van der Waals surface area contributed by atoms with Crippen LogP contribution in [0, 0.1) is 0 Å². The van der Waals surface area contributed by atoms with Crippen molar-refractivity contribution in [3.63, 3.8) is 0 Å². The van der Waals surface area contributed by atoms with E-state index >= 15 is 0 Å². The van der Waals surface area contributed by atoms with Gasteiger partial charge in [0.2, 0.25) is 10.0 Å². The Morgan fingerprint density at radius 3 is 2.27 bits per heavy atom. The number of unbranched alkanes of at least 4 members (excludes halogenated alkanes) is 1. The zero-order valence-electron chi connectivity index (χ0n) is 18.7. The summed E-state index contributed by atoms with van der Waals surface area (Å²) in [6, 6.07) is 21.0. The third-order valence-corrected chi connectivity index (χ3v) is 6.29. The van der Waals surface area contributed by atoms with E-state index in [0.717, 1.165) is 18.4 Å². The summed E-state index contributed by atoms with van der Waals surface area (Å²) >= 11 is 0. The summed E-state index contributed by atoms with van der Waals surface area (Å²) in [5, 5.41) is 3.22. The van der Waals surface area contributed by atoms with Gasteiger partial charge in [0, 0.05) is 6.54 Å².